The Kier molecular flexibility index (Phi) is 6.97. The lowest BCUT2D eigenvalue weighted by Gasteiger charge is -1.90. The van der Waals surface area contributed by atoms with Gasteiger partial charge in [-0.15, -0.1) is 0 Å². The van der Waals surface area contributed by atoms with Crippen molar-refractivity contribution in [1.29, 1.82) is 0 Å². The summed E-state index contributed by atoms with van der Waals surface area (Å²) in [7, 11) is 0. The Morgan fingerprint density at radius 2 is 2.20 bits per heavy atom. The Labute approximate surface area is 91.5 Å². The van der Waals surface area contributed by atoms with Gasteiger partial charge in [-0.2, -0.15) is 5.10 Å². The van der Waals surface area contributed by atoms with E-state index in [0.29, 0.717) is 5.82 Å². The standard InChI is InChI=1S/C6H8N4.C5H12/c1-2-10-6(3-4-7)8-5-9-10;1-4-5(2)3/h2-5H,1,7H2;5H,4H2,1-3H3/b4-3-;. The molecule has 0 fully saturated rings. The number of nitrogens with zero attached hydrogens (tertiary/aromatic N) is 3. The summed E-state index contributed by atoms with van der Waals surface area (Å²) in [4.78, 5) is 3.89. The minimum atomic E-state index is 0.678. The summed E-state index contributed by atoms with van der Waals surface area (Å²) in [6, 6.07) is 0. The first-order valence-electron chi connectivity index (χ1n) is 5.06. The van der Waals surface area contributed by atoms with Crippen LogP contribution in [0.15, 0.2) is 19.1 Å². The molecule has 0 bridgehead atoms. The zero-order valence-electron chi connectivity index (χ0n) is 9.72. The Morgan fingerprint density at radius 1 is 1.60 bits per heavy atom. The molecule has 0 aliphatic heterocycles. The van der Waals surface area contributed by atoms with E-state index in [2.05, 4.69) is 37.4 Å². The summed E-state index contributed by atoms with van der Waals surface area (Å²) < 4.78 is 1.53. The topological polar surface area (TPSA) is 56.7 Å². The summed E-state index contributed by atoms with van der Waals surface area (Å²) in [6.07, 6.45) is 7.36. The Bertz CT molecular complexity index is 299. The molecule has 0 amide bonds. The van der Waals surface area contributed by atoms with Crippen molar-refractivity contribution in [1.82, 2.24) is 14.8 Å². The maximum Gasteiger partial charge on any atom is 0.156 e. The summed E-state index contributed by atoms with van der Waals surface area (Å²) in [5.41, 5.74) is 5.15. The van der Waals surface area contributed by atoms with E-state index in [0.717, 1.165) is 5.92 Å². The summed E-state index contributed by atoms with van der Waals surface area (Å²) in [6.45, 7) is 10.2. The van der Waals surface area contributed by atoms with E-state index >= 15 is 0 Å². The van der Waals surface area contributed by atoms with Crippen LogP contribution in [0, 0.1) is 5.92 Å². The molecule has 1 rings (SSSR count). The van der Waals surface area contributed by atoms with Gasteiger partial charge in [0.2, 0.25) is 0 Å². The van der Waals surface area contributed by atoms with E-state index in [1.54, 1.807) is 12.3 Å². The van der Waals surface area contributed by atoms with E-state index in [4.69, 9.17) is 5.73 Å². The molecule has 1 heterocycles. The fourth-order valence-electron chi connectivity index (χ4n) is 0.605. The van der Waals surface area contributed by atoms with Crippen LogP contribution in [0.1, 0.15) is 33.0 Å². The molecule has 2 N–H and O–H groups in total. The van der Waals surface area contributed by atoms with Crippen molar-refractivity contribution in [3.63, 3.8) is 0 Å². The van der Waals surface area contributed by atoms with Crippen molar-refractivity contribution < 1.29 is 0 Å². The van der Waals surface area contributed by atoms with Crippen molar-refractivity contribution in [3.05, 3.63) is 24.9 Å². The number of nitrogens with two attached hydrogens (primary N) is 1. The maximum atomic E-state index is 5.15. The first-order valence-corrected chi connectivity index (χ1v) is 5.06. The van der Waals surface area contributed by atoms with Gasteiger partial charge in [-0.1, -0.05) is 33.8 Å². The average molecular weight is 208 g/mol. The lowest BCUT2D eigenvalue weighted by molar-refractivity contribution is 0.626. The molecule has 0 aliphatic carbocycles. The van der Waals surface area contributed by atoms with Crippen LogP contribution >= 0.6 is 0 Å². The zero-order valence-corrected chi connectivity index (χ0v) is 9.72. The molecule has 0 radical (unpaired) electrons. The minimum Gasteiger partial charge on any atom is -0.404 e. The number of rotatable bonds is 3. The van der Waals surface area contributed by atoms with Gasteiger partial charge in [-0.3, -0.25) is 0 Å². The highest BCUT2D eigenvalue weighted by Gasteiger charge is 1.92. The fraction of sp³-hybridized carbons (Fsp3) is 0.455. The molecule has 0 aromatic carbocycles. The molecule has 15 heavy (non-hydrogen) atoms. The van der Waals surface area contributed by atoms with Gasteiger partial charge in [0.05, 0.1) is 0 Å². The van der Waals surface area contributed by atoms with Crippen LogP contribution in [0.2, 0.25) is 0 Å². The number of aromatic nitrogens is 3. The second-order valence-corrected chi connectivity index (χ2v) is 3.41. The van der Waals surface area contributed by atoms with Crippen LogP contribution < -0.4 is 5.73 Å². The summed E-state index contributed by atoms with van der Waals surface area (Å²) in [5.74, 6) is 1.56. The predicted octanol–water partition coefficient (Wildman–Crippen LogP) is 2.36. The number of hydrogen-bond acceptors (Lipinski definition) is 3. The smallest absolute Gasteiger partial charge is 0.156 e. The van der Waals surface area contributed by atoms with Crippen molar-refractivity contribution in [2.45, 2.75) is 27.2 Å². The van der Waals surface area contributed by atoms with Crippen molar-refractivity contribution in [3.8, 4) is 0 Å². The molecule has 0 aliphatic rings. The van der Waals surface area contributed by atoms with Gasteiger partial charge < -0.3 is 5.73 Å². The highest BCUT2D eigenvalue weighted by molar-refractivity contribution is 5.41. The average Bonchev–Trinajstić information content (AvgIpc) is 2.67. The quantitative estimate of drug-likeness (QED) is 0.829. The molecular formula is C11H20N4. The van der Waals surface area contributed by atoms with Gasteiger partial charge in [-0.05, 0) is 18.2 Å². The SMILES string of the molecule is C=Cn1ncnc1/C=C\N.CCC(C)C. The molecular weight excluding hydrogens is 188 g/mol. The molecule has 1 aromatic rings. The van der Waals surface area contributed by atoms with Crippen LogP contribution in [-0.4, -0.2) is 14.8 Å². The Morgan fingerprint density at radius 3 is 2.60 bits per heavy atom. The van der Waals surface area contributed by atoms with E-state index in [1.165, 1.54) is 23.6 Å². The van der Waals surface area contributed by atoms with Gasteiger partial charge in [0, 0.05) is 6.20 Å². The van der Waals surface area contributed by atoms with Crippen molar-refractivity contribution >= 4 is 12.3 Å². The van der Waals surface area contributed by atoms with Gasteiger partial charge in [-0.25, -0.2) is 9.67 Å². The van der Waals surface area contributed by atoms with Gasteiger partial charge in [0.1, 0.15) is 6.33 Å². The monoisotopic (exact) mass is 208 g/mol. The first-order chi connectivity index (χ1) is 7.15. The van der Waals surface area contributed by atoms with Gasteiger partial charge >= 0.3 is 0 Å². The Hall–Kier alpha value is -1.58. The molecule has 0 unspecified atom stereocenters. The van der Waals surface area contributed by atoms with Crippen molar-refractivity contribution in [2.24, 2.45) is 11.7 Å². The van der Waals surface area contributed by atoms with Crippen LogP contribution in [0.5, 0.6) is 0 Å². The normalized spacial score (nSPS) is 10.1. The second-order valence-electron chi connectivity index (χ2n) is 3.41. The third-order valence-corrected chi connectivity index (χ3v) is 1.84. The molecule has 0 saturated heterocycles. The third-order valence-electron chi connectivity index (χ3n) is 1.84. The highest BCUT2D eigenvalue weighted by Crippen LogP contribution is 1.94. The zero-order chi connectivity index (χ0) is 11.7. The molecule has 1 aromatic heterocycles. The fourth-order valence-corrected chi connectivity index (χ4v) is 0.605. The lowest BCUT2D eigenvalue weighted by atomic mass is 10.2. The van der Waals surface area contributed by atoms with E-state index < -0.39 is 0 Å². The largest absolute Gasteiger partial charge is 0.404 e. The van der Waals surface area contributed by atoms with Crippen LogP contribution in [0.4, 0.5) is 0 Å². The van der Waals surface area contributed by atoms with Gasteiger partial charge in [0.25, 0.3) is 0 Å². The predicted molar refractivity (Wildman–Crippen MR) is 64.8 cm³/mol. The Balaban J connectivity index is 0.000000336. The van der Waals surface area contributed by atoms with Crippen LogP contribution in [-0.2, 0) is 0 Å². The third kappa shape index (κ3) is 5.67. The molecule has 84 valence electrons. The molecule has 0 atom stereocenters. The maximum absolute atomic E-state index is 5.15. The van der Waals surface area contributed by atoms with E-state index in [9.17, 15) is 0 Å². The lowest BCUT2D eigenvalue weighted by Crippen LogP contribution is -1.91. The molecule has 0 spiro atoms. The summed E-state index contributed by atoms with van der Waals surface area (Å²) >= 11 is 0. The van der Waals surface area contributed by atoms with Crippen LogP contribution in [0.3, 0.4) is 0 Å². The van der Waals surface area contributed by atoms with Gasteiger partial charge in [0.15, 0.2) is 5.82 Å². The van der Waals surface area contributed by atoms with E-state index in [-0.39, 0.29) is 0 Å². The number of hydrogen-bond donors (Lipinski definition) is 1. The second kappa shape index (κ2) is 7.79. The minimum absolute atomic E-state index is 0.678. The molecule has 0 saturated carbocycles. The summed E-state index contributed by atoms with van der Waals surface area (Å²) in [5, 5.41) is 3.83. The first kappa shape index (κ1) is 13.4. The highest BCUT2D eigenvalue weighted by atomic mass is 15.3. The van der Waals surface area contributed by atoms with E-state index in [1.807, 2.05) is 0 Å². The molecule has 4 nitrogen and oxygen atoms in total. The van der Waals surface area contributed by atoms with Crippen molar-refractivity contribution in [2.75, 3.05) is 0 Å². The van der Waals surface area contributed by atoms with Crippen LogP contribution in [0.25, 0.3) is 12.3 Å². The molecule has 4 heteroatoms.